The largest absolute Gasteiger partial charge is 0.457 e. The van der Waals surface area contributed by atoms with Gasteiger partial charge in [-0.15, -0.1) is 0 Å². The molecule has 25 heavy (non-hydrogen) atoms. The van der Waals surface area contributed by atoms with Crippen molar-refractivity contribution >= 4 is 17.6 Å². The molecule has 1 aromatic heterocycles. The van der Waals surface area contributed by atoms with Crippen LogP contribution in [0.4, 0.5) is 5.69 Å². The summed E-state index contributed by atoms with van der Waals surface area (Å²) in [5.74, 6) is -0.654. The molecule has 0 saturated carbocycles. The van der Waals surface area contributed by atoms with E-state index in [-0.39, 0.29) is 12.5 Å². The smallest absolute Gasteiger partial charge is 0.338 e. The van der Waals surface area contributed by atoms with E-state index in [2.05, 4.69) is 10.4 Å². The molecule has 1 heterocycles. The monoisotopic (exact) mass is 335 g/mol. The first-order chi connectivity index (χ1) is 12.1. The number of hydrogen-bond acceptors (Lipinski definition) is 4. The number of para-hydroxylation sites is 1. The van der Waals surface area contributed by atoms with Gasteiger partial charge in [-0.25, -0.2) is 9.48 Å². The number of aromatic nitrogens is 2. The summed E-state index contributed by atoms with van der Waals surface area (Å²) in [7, 11) is 0. The highest BCUT2D eigenvalue weighted by Crippen LogP contribution is 2.13. The van der Waals surface area contributed by atoms with Crippen LogP contribution >= 0.6 is 0 Å². The molecule has 0 unspecified atom stereocenters. The van der Waals surface area contributed by atoms with Crippen LogP contribution in [0.1, 0.15) is 22.8 Å². The second-order valence-corrected chi connectivity index (χ2v) is 5.47. The Morgan fingerprint density at radius 1 is 1.12 bits per heavy atom. The standard InChI is InChI=1S/C19H17N3O3/c1-14(23)21-17-7-5-6-16(10-17)19(24)25-13-15-11-20-22(12-15)18-8-3-2-4-9-18/h2-12H,13H2,1H3,(H,21,23). The lowest BCUT2D eigenvalue weighted by Gasteiger charge is -2.06. The lowest BCUT2D eigenvalue weighted by molar-refractivity contribution is -0.114. The third-order valence-electron chi connectivity index (χ3n) is 3.45. The number of amides is 1. The molecular formula is C19H17N3O3. The zero-order chi connectivity index (χ0) is 17.6. The van der Waals surface area contributed by atoms with Gasteiger partial charge in [-0.05, 0) is 30.3 Å². The van der Waals surface area contributed by atoms with E-state index < -0.39 is 5.97 Å². The highest BCUT2D eigenvalue weighted by atomic mass is 16.5. The minimum Gasteiger partial charge on any atom is -0.457 e. The molecule has 0 saturated heterocycles. The van der Waals surface area contributed by atoms with E-state index in [0.717, 1.165) is 11.3 Å². The number of benzene rings is 2. The van der Waals surface area contributed by atoms with Gasteiger partial charge in [0.15, 0.2) is 0 Å². The van der Waals surface area contributed by atoms with Crippen LogP contribution in [-0.4, -0.2) is 21.7 Å². The summed E-state index contributed by atoms with van der Waals surface area (Å²) < 4.78 is 7.04. The lowest BCUT2D eigenvalue weighted by atomic mass is 10.2. The van der Waals surface area contributed by atoms with Gasteiger partial charge in [-0.1, -0.05) is 24.3 Å². The maximum absolute atomic E-state index is 12.2. The molecule has 3 aromatic rings. The van der Waals surface area contributed by atoms with Gasteiger partial charge in [0, 0.05) is 24.4 Å². The zero-order valence-electron chi connectivity index (χ0n) is 13.7. The molecule has 0 aliphatic rings. The first-order valence-corrected chi connectivity index (χ1v) is 7.75. The van der Waals surface area contributed by atoms with Crippen LogP contribution < -0.4 is 5.32 Å². The maximum atomic E-state index is 12.2. The predicted octanol–water partition coefficient (Wildman–Crippen LogP) is 3.19. The summed E-state index contributed by atoms with van der Waals surface area (Å²) >= 11 is 0. The van der Waals surface area contributed by atoms with Gasteiger partial charge in [-0.3, -0.25) is 4.79 Å². The number of nitrogens with zero attached hydrogens (tertiary/aromatic N) is 2. The van der Waals surface area contributed by atoms with E-state index in [9.17, 15) is 9.59 Å². The first-order valence-electron chi connectivity index (χ1n) is 7.75. The molecule has 3 rings (SSSR count). The molecule has 0 aliphatic heterocycles. The topological polar surface area (TPSA) is 73.2 Å². The van der Waals surface area contributed by atoms with Crippen molar-refractivity contribution in [2.75, 3.05) is 5.32 Å². The summed E-state index contributed by atoms with van der Waals surface area (Å²) in [6.07, 6.45) is 3.48. The van der Waals surface area contributed by atoms with Crippen molar-refractivity contribution in [1.82, 2.24) is 9.78 Å². The Bertz CT molecular complexity index is 888. The van der Waals surface area contributed by atoms with Crippen molar-refractivity contribution in [3.8, 4) is 5.69 Å². The van der Waals surface area contributed by atoms with Gasteiger partial charge in [0.1, 0.15) is 6.61 Å². The number of carbonyl (C=O) groups excluding carboxylic acids is 2. The SMILES string of the molecule is CC(=O)Nc1cccc(C(=O)OCc2cnn(-c3ccccc3)c2)c1. The van der Waals surface area contributed by atoms with Gasteiger partial charge >= 0.3 is 5.97 Å². The minimum absolute atomic E-state index is 0.121. The Hall–Kier alpha value is -3.41. The zero-order valence-corrected chi connectivity index (χ0v) is 13.7. The summed E-state index contributed by atoms with van der Waals surface area (Å²) in [5.41, 5.74) is 2.65. The predicted molar refractivity (Wildman–Crippen MR) is 93.4 cm³/mol. The molecule has 1 amide bonds. The molecule has 6 heteroatoms. The Kier molecular flexibility index (Phi) is 4.89. The Balaban J connectivity index is 1.63. The Morgan fingerprint density at radius 3 is 2.68 bits per heavy atom. The minimum atomic E-state index is -0.459. The van der Waals surface area contributed by atoms with Gasteiger partial charge < -0.3 is 10.1 Å². The fourth-order valence-corrected chi connectivity index (χ4v) is 2.32. The number of nitrogens with one attached hydrogen (secondary N) is 1. The van der Waals surface area contributed by atoms with Crippen LogP contribution in [0.2, 0.25) is 0 Å². The van der Waals surface area contributed by atoms with Crippen molar-refractivity contribution in [2.24, 2.45) is 0 Å². The molecule has 6 nitrogen and oxygen atoms in total. The van der Waals surface area contributed by atoms with Crippen LogP contribution in [0.3, 0.4) is 0 Å². The molecule has 2 aromatic carbocycles. The number of anilines is 1. The molecule has 0 atom stereocenters. The first kappa shape index (κ1) is 16.4. The Labute approximate surface area is 145 Å². The number of ether oxygens (including phenoxy) is 1. The normalized spacial score (nSPS) is 10.3. The van der Waals surface area contributed by atoms with E-state index in [1.54, 1.807) is 35.1 Å². The average Bonchev–Trinajstić information content (AvgIpc) is 3.09. The third-order valence-corrected chi connectivity index (χ3v) is 3.45. The van der Waals surface area contributed by atoms with Crippen molar-refractivity contribution in [3.63, 3.8) is 0 Å². The van der Waals surface area contributed by atoms with Gasteiger partial charge in [0.25, 0.3) is 0 Å². The highest BCUT2D eigenvalue weighted by Gasteiger charge is 2.10. The number of carbonyl (C=O) groups is 2. The quantitative estimate of drug-likeness (QED) is 0.727. The lowest BCUT2D eigenvalue weighted by Crippen LogP contribution is -2.08. The molecular weight excluding hydrogens is 318 g/mol. The molecule has 0 bridgehead atoms. The van der Waals surface area contributed by atoms with Crippen LogP contribution in [0, 0.1) is 0 Å². The van der Waals surface area contributed by atoms with E-state index >= 15 is 0 Å². The van der Waals surface area contributed by atoms with Crippen molar-refractivity contribution < 1.29 is 14.3 Å². The molecule has 0 spiro atoms. The number of hydrogen-bond donors (Lipinski definition) is 1. The van der Waals surface area contributed by atoms with Crippen molar-refractivity contribution in [2.45, 2.75) is 13.5 Å². The van der Waals surface area contributed by atoms with Crippen LogP contribution in [0.25, 0.3) is 5.69 Å². The fourth-order valence-electron chi connectivity index (χ4n) is 2.32. The van der Waals surface area contributed by atoms with E-state index in [1.165, 1.54) is 6.92 Å². The molecule has 1 N–H and O–H groups in total. The summed E-state index contributed by atoms with van der Waals surface area (Å²) in [6, 6.07) is 16.3. The second kappa shape index (κ2) is 7.44. The fraction of sp³-hybridized carbons (Fsp3) is 0.105. The van der Waals surface area contributed by atoms with E-state index in [1.807, 2.05) is 36.5 Å². The highest BCUT2D eigenvalue weighted by molar-refractivity contribution is 5.93. The summed E-state index contributed by atoms with van der Waals surface area (Å²) in [5, 5.41) is 6.90. The van der Waals surface area contributed by atoms with Gasteiger partial charge in [0.2, 0.25) is 5.91 Å². The molecule has 0 radical (unpaired) electrons. The summed E-state index contributed by atoms with van der Waals surface area (Å²) in [4.78, 5) is 23.3. The van der Waals surface area contributed by atoms with Crippen LogP contribution in [0.15, 0.2) is 67.0 Å². The number of rotatable bonds is 5. The van der Waals surface area contributed by atoms with E-state index in [0.29, 0.717) is 11.3 Å². The van der Waals surface area contributed by atoms with Gasteiger partial charge in [0.05, 0.1) is 17.4 Å². The average molecular weight is 335 g/mol. The summed E-state index contributed by atoms with van der Waals surface area (Å²) in [6.45, 7) is 1.53. The van der Waals surface area contributed by atoms with Crippen LogP contribution in [0.5, 0.6) is 0 Å². The Morgan fingerprint density at radius 2 is 1.92 bits per heavy atom. The van der Waals surface area contributed by atoms with Crippen molar-refractivity contribution in [3.05, 3.63) is 78.1 Å². The van der Waals surface area contributed by atoms with Crippen LogP contribution in [-0.2, 0) is 16.1 Å². The van der Waals surface area contributed by atoms with Crippen molar-refractivity contribution in [1.29, 1.82) is 0 Å². The molecule has 126 valence electrons. The maximum Gasteiger partial charge on any atom is 0.338 e. The molecule has 0 fully saturated rings. The third kappa shape index (κ3) is 4.32. The second-order valence-electron chi connectivity index (χ2n) is 5.47. The van der Waals surface area contributed by atoms with Gasteiger partial charge in [-0.2, -0.15) is 5.10 Å². The molecule has 0 aliphatic carbocycles. The van der Waals surface area contributed by atoms with E-state index in [4.69, 9.17) is 4.74 Å². The number of esters is 1.